The van der Waals surface area contributed by atoms with Gasteiger partial charge in [-0.2, -0.15) is 0 Å². The van der Waals surface area contributed by atoms with Gasteiger partial charge in [-0.1, -0.05) is 0 Å². The summed E-state index contributed by atoms with van der Waals surface area (Å²) in [6.07, 6.45) is -0.650. The van der Waals surface area contributed by atoms with Crippen molar-refractivity contribution in [3.63, 3.8) is 0 Å². The molecule has 0 heterocycles. The summed E-state index contributed by atoms with van der Waals surface area (Å²) in [6, 6.07) is 0. The normalized spacial score (nSPS) is 10.9. The maximum Gasteiger partial charge on any atom is 0.372 e. The third-order valence-electron chi connectivity index (χ3n) is 3.38. The molecule has 0 unspecified atom stereocenters. The fourth-order valence-electron chi connectivity index (χ4n) is 1.88. The second-order valence-corrected chi connectivity index (χ2v) is 5.85. The van der Waals surface area contributed by atoms with Crippen molar-refractivity contribution in [2.45, 2.75) is 12.8 Å². The lowest BCUT2D eigenvalue weighted by Crippen LogP contribution is -2.17. The summed E-state index contributed by atoms with van der Waals surface area (Å²) in [5.41, 5.74) is 0. The van der Waals surface area contributed by atoms with Crippen LogP contribution in [0.25, 0.3) is 0 Å². The number of ether oxygens (including phenoxy) is 7. The van der Waals surface area contributed by atoms with Crippen molar-refractivity contribution in [2.75, 3.05) is 92.5 Å². The van der Waals surface area contributed by atoms with E-state index in [1.807, 2.05) is 0 Å². The molecule has 0 fully saturated rings. The topological polar surface area (TPSA) is 156 Å². The highest BCUT2D eigenvalue weighted by Gasteiger charge is 2.14. The summed E-state index contributed by atoms with van der Waals surface area (Å²) in [5, 5.41) is 16.9. The van der Waals surface area contributed by atoms with Gasteiger partial charge in [0.1, 0.15) is 6.61 Å². The minimum atomic E-state index is -1.56. The number of esters is 1. The van der Waals surface area contributed by atoms with Crippen LogP contribution < -0.4 is 0 Å². The van der Waals surface area contributed by atoms with Gasteiger partial charge in [0.15, 0.2) is 0 Å². The van der Waals surface area contributed by atoms with E-state index in [0.717, 1.165) is 0 Å². The Bertz CT molecular complexity index is 457. The molecule has 0 aromatic carbocycles. The molecule has 12 nitrogen and oxygen atoms in total. The smallest absolute Gasteiger partial charge is 0.372 e. The minimum Gasteiger partial charge on any atom is -0.476 e. The van der Waals surface area contributed by atoms with E-state index in [9.17, 15) is 14.4 Å². The number of aliphatic carboxylic acids is 1. The maximum absolute atomic E-state index is 11.3. The van der Waals surface area contributed by atoms with Crippen molar-refractivity contribution >= 4 is 17.7 Å². The molecule has 0 radical (unpaired) electrons. The molecule has 31 heavy (non-hydrogen) atoms. The molecular weight excluding hydrogens is 420 g/mol. The molecule has 0 amide bonds. The average molecular weight is 454 g/mol. The van der Waals surface area contributed by atoms with Crippen LogP contribution in [0.15, 0.2) is 0 Å². The molecule has 12 heteroatoms. The van der Waals surface area contributed by atoms with Gasteiger partial charge in [-0.3, -0.25) is 9.59 Å². The zero-order valence-corrected chi connectivity index (χ0v) is 17.8. The van der Waals surface area contributed by atoms with E-state index in [1.54, 1.807) is 0 Å². The number of aliphatic hydroxyl groups excluding tert-OH is 1. The SMILES string of the molecule is O=C(CCC(=O)C(=O)O)OCCOCCOCCOCCOCCOCCOCCO. The van der Waals surface area contributed by atoms with Crippen molar-refractivity contribution in [3.05, 3.63) is 0 Å². The van der Waals surface area contributed by atoms with Gasteiger partial charge in [0.25, 0.3) is 0 Å². The van der Waals surface area contributed by atoms with E-state index < -0.39 is 17.7 Å². The molecule has 0 saturated carbocycles. The molecule has 0 saturated heterocycles. The van der Waals surface area contributed by atoms with Gasteiger partial charge in [-0.25, -0.2) is 4.79 Å². The number of aliphatic hydroxyl groups is 1. The number of rotatable bonds is 24. The molecule has 0 spiro atoms. The number of carbonyl (C=O) groups excluding carboxylic acids is 2. The van der Waals surface area contributed by atoms with Gasteiger partial charge < -0.3 is 43.4 Å². The number of carboxylic acid groups (broad SMARTS) is 1. The highest BCUT2D eigenvalue weighted by molar-refractivity contribution is 6.32. The first-order chi connectivity index (χ1) is 15.1. The first-order valence-corrected chi connectivity index (χ1v) is 10.1. The molecule has 0 aromatic rings. The molecule has 0 aliphatic rings. The van der Waals surface area contributed by atoms with Crippen LogP contribution in [0, 0.1) is 0 Å². The van der Waals surface area contributed by atoms with Crippen molar-refractivity contribution in [2.24, 2.45) is 0 Å². The predicted octanol–water partition coefficient (Wildman–Crippen LogP) is -0.945. The Labute approximate surface area is 181 Å². The van der Waals surface area contributed by atoms with E-state index in [0.29, 0.717) is 72.7 Å². The first-order valence-electron chi connectivity index (χ1n) is 10.1. The third kappa shape index (κ3) is 22.8. The molecule has 0 aromatic heterocycles. The van der Waals surface area contributed by atoms with E-state index in [1.165, 1.54) is 0 Å². The zero-order valence-electron chi connectivity index (χ0n) is 17.8. The molecule has 2 N–H and O–H groups in total. The number of carboxylic acids is 1. The van der Waals surface area contributed by atoms with Crippen molar-refractivity contribution in [1.29, 1.82) is 0 Å². The van der Waals surface area contributed by atoms with Crippen LogP contribution in [0.3, 0.4) is 0 Å². The lowest BCUT2D eigenvalue weighted by molar-refractivity contribution is -0.151. The highest BCUT2D eigenvalue weighted by atomic mass is 16.6. The standard InChI is InChI=1S/C19H34O12/c20-3-4-25-5-6-26-7-8-27-9-10-28-11-12-29-13-14-30-15-16-31-18(22)2-1-17(21)19(23)24/h20H,1-16H2,(H,23,24). The monoisotopic (exact) mass is 454 g/mol. The van der Waals surface area contributed by atoms with Crippen LogP contribution in [0.4, 0.5) is 0 Å². The van der Waals surface area contributed by atoms with Crippen LogP contribution in [0.1, 0.15) is 12.8 Å². The van der Waals surface area contributed by atoms with E-state index in [-0.39, 0.29) is 32.7 Å². The van der Waals surface area contributed by atoms with Gasteiger partial charge in [-0.05, 0) is 0 Å². The molecular formula is C19H34O12. The third-order valence-corrected chi connectivity index (χ3v) is 3.38. The summed E-state index contributed by atoms with van der Waals surface area (Å²) in [5.74, 6) is -3.23. The maximum atomic E-state index is 11.3. The highest BCUT2D eigenvalue weighted by Crippen LogP contribution is 1.95. The van der Waals surface area contributed by atoms with Crippen LogP contribution in [-0.4, -0.2) is 120 Å². The van der Waals surface area contributed by atoms with Gasteiger partial charge in [0, 0.05) is 6.42 Å². The minimum absolute atomic E-state index is 0.00594. The molecule has 182 valence electrons. The van der Waals surface area contributed by atoms with Crippen LogP contribution >= 0.6 is 0 Å². The van der Waals surface area contributed by atoms with E-state index in [4.69, 9.17) is 43.4 Å². The second-order valence-electron chi connectivity index (χ2n) is 5.85. The number of ketones is 1. The number of hydrogen-bond acceptors (Lipinski definition) is 11. The molecule has 0 aliphatic carbocycles. The van der Waals surface area contributed by atoms with Gasteiger partial charge >= 0.3 is 11.9 Å². The first kappa shape index (κ1) is 29.3. The van der Waals surface area contributed by atoms with Crippen LogP contribution in [0.2, 0.25) is 0 Å². The molecule has 0 bridgehead atoms. The lowest BCUT2D eigenvalue weighted by atomic mass is 10.2. The largest absolute Gasteiger partial charge is 0.476 e. The quantitative estimate of drug-likeness (QED) is 0.105. The fraction of sp³-hybridized carbons (Fsp3) is 0.842. The Balaban J connectivity index is 3.16. The van der Waals surface area contributed by atoms with Crippen LogP contribution in [0.5, 0.6) is 0 Å². The Morgan fingerprint density at radius 3 is 1.23 bits per heavy atom. The average Bonchev–Trinajstić information content (AvgIpc) is 2.76. The Kier molecular flexibility index (Phi) is 21.8. The number of Topliss-reactive ketones (excluding diaryl/α,β-unsaturated/α-hetero) is 1. The van der Waals surface area contributed by atoms with Gasteiger partial charge in [-0.15, -0.1) is 0 Å². The van der Waals surface area contributed by atoms with Crippen molar-refractivity contribution in [3.8, 4) is 0 Å². The summed E-state index contributed by atoms with van der Waals surface area (Å²) < 4.78 is 36.3. The van der Waals surface area contributed by atoms with E-state index in [2.05, 4.69) is 0 Å². The molecule has 0 rings (SSSR count). The van der Waals surface area contributed by atoms with Gasteiger partial charge in [0.05, 0.1) is 92.3 Å². The van der Waals surface area contributed by atoms with Gasteiger partial charge in [0.2, 0.25) is 5.78 Å². The Morgan fingerprint density at radius 2 is 0.871 bits per heavy atom. The molecule has 0 aliphatic heterocycles. The summed E-state index contributed by atoms with van der Waals surface area (Å²) in [7, 11) is 0. The summed E-state index contributed by atoms with van der Waals surface area (Å²) in [4.78, 5) is 32.4. The van der Waals surface area contributed by atoms with Crippen molar-refractivity contribution in [1.82, 2.24) is 0 Å². The Hall–Kier alpha value is -1.67. The Morgan fingerprint density at radius 1 is 0.516 bits per heavy atom. The van der Waals surface area contributed by atoms with Crippen LogP contribution in [-0.2, 0) is 47.5 Å². The molecule has 0 atom stereocenters. The van der Waals surface area contributed by atoms with Crippen molar-refractivity contribution < 1.29 is 57.8 Å². The van der Waals surface area contributed by atoms with E-state index >= 15 is 0 Å². The number of hydrogen-bond donors (Lipinski definition) is 2. The summed E-state index contributed by atoms with van der Waals surface area (Å²) >= 11 is 0. The fourth-order valence-corrected chi connectivity index (χ4v) is 1.88. The summed E-state index contributed by atoms with van der Waals surface area (Å²) in [6.45, 7) is 4.78. The lowest BCUT2D eigenvalue weighted by Gasteiger charge is -2.08. The number of carbonyl (C=O) groups is 3. The zero-order chi connectivity index (χ0) is 23.0. The predicted molar refractivity (Wildman–Crippen MR) is 105 cm³/mol. The second kappa shape index (κ2) is 23.0.